The zero-order valence-corrected chi connectivity index (χ0v) is 13.6. The Morgan fingerprint density at radius 3 is 2.74 bits per heavy atom. The molecule has 118 valence electrons. The molecule has 0 spiro atoms. The molecular weight excluding hydrogens is 334 g/mol. The number of aliphatic carboxylic acids is 1. The number of carbonyl (C=O) groups excluding carboxylic acids is 1. The Morgan fingerprint density at radius 1 is 1.30 bits per heavy atom. The van der Waals surface area contributed by atoms with Gasteiger partial charge in [-0.3, -0.25) is 9.59 Å². The minimum atomic E-state index is -1.07. The van der Waals surface area contributed by atoms with E-state index < -0.39 is 10.7 Å². The Morgan fingerprint density at radius 2 is 2.04 bits per heavy atom. The monoisotopic (exact) mass is 347 g/mol. The lowest BCUT2D eigenvalue weighted by Gasteiger charge is -2.15. The number of amides is 1. The summed E-state index contributed by atoms with van der Waals surface area (Å²) in [5, 5.41) is 8.84. The molecule has 1 N–H and O–H groups in total. The van der Waals surface area contributed by atoms with Crippen molar-refractivity contribution in [3.8, 4) is 11.3 Å². The molecule has 2 aromatic rings. The van der Waals surface area contributed by atoms with E-state index in [4.69, 9.17) is 9.52 Å². The molecule has 0 bridgehead atoms. The lowest BCUT2D eigenvalue weighted by molar-refractivity contribution is -0.142. The fourth-order valence-electron chi connectivity index (χ4n) is 2.18. The van der Waals surface area contributed by atoms with Gasteiger partial charge in [-0.25, -0.2) is 0 Å². The molecule has 0 saturated carbocycles. The fraction of sp³-hybridized carbons (Fsp3) is 0.125. The van der Waals surface area contributed by atoms with Gasteiger partial charge in [-0.15, -0.1) is 12.6 Å². The van der Waals surface area contributed by atoms with Crippen LogP contribution in [-0.2, 0) is 9.59 Å². The molecule has 1 saturated heterocycles. The van der Waals surface area contributed by atoms with Gasteiger partial charge in [-0.1, -0.05) is 42.1 Å². The maximum absolute atomic E-state index is 12.2. The molecule has 1 aliphatic heterocycles. The molecule has 3 rings (SSSR count). The number of hydrogen-bond donors (Lipinski definition) is 2. The number of carboxylic acid groups (broad SMARTS) is 1. The van der Waals surface area contributed by atoms with Gasteiger partial charge in [0.2, 0.25) is 0 Å². The molecule has 1 aliphatic rings. The summed E-state index contributed by atoms with van der Waals surface area (Å²) in [6.45, 7) is -0.370. The molecule has 1 unspecified atom stereocenters. The molecule has 0 radical (unpaired) electrons. The quantitative estimate of drug-likeness (QED) is 0.657. The number of hydrogen-bond acceptors (Lipinski definition) is 5. The normalized spacial score (nSPS) is 19.5. The highest BCUT2D eigenvalue weighted by atomic mass is 32.2. The van der Waals surface area contributed by atoms with Crippen molar-refractivity contribution in [2.75, 3.05) is 6.54 Å². The van der Waals surface area contributed by atoms with Gasteiger partial charge in [0, 0.05) is 11.6 Å². The van der Waals surface area contributed by atoms with Crippen molar-refractivity contribution in [3.05, 3.63) is 53.1 Å². The molecule has 23 heavy (non-hydrogen) atoms. The molecule has 2 heterocycles. The second-order valence-electron chi connectivity index (χ2n) is 4.85. The highest BCUT2D eigenvalue weighted by Crippen LogP contribution is 2.38. The first-order valence-electron chi connectivity index (χ1n) is 6.79. The van der Waals surface area contributed by atoms with E-state index >= 15 is 0 Å². The van der Waals surface area contributed by atoms with Crippen LogP contribution >= 0.6 is 24.4 Å². The van der Waals surface area contributed by atoms with Crippen molar-refractivity contribution in [2.24, 2.45) is 0 Å². The smallest absolute Gasteiger partial charge is 0.323 e. The van der Waals surface area contributed by atoms with Crippen molar-refractivity contribution < 1.29 is 19.1 Å². The van der Waals surface area contributed by atoms with E-state index in [-0.39, 0.29) is 12.5 Å². The summed E-state index contributed by atoms with van der Waals surface area (Å²) in [4.78, 5) is 24.6. The van der Waals surface area contributed by atoms with Crippen LogP contribution in [0.25, 0.3) is 17.4 Å². The van der Waals surface area contributed by atoms with Gasteiger partial charge >= 0.3 is 5.97 Å². The Hall–Kier alpha value is -2.12. The summed E-state index contributed by atoms with van der Waals surface area (Å²) in [6.07, 6.45) is 1.62. The van der Waals surface area contributed by atoms with Gasteiger partial charge in [0.1, 0.15) is 22.8 Å². The van der Waals surface area contributed by atoms with Crippen LogP contribution in [0.3, 0.4) is 0 Å². The van der Waals surface area contributed by atoms with Gasteiger partial charge < -0.3 is 14.4 Å². The lowest BCUT2D eigenvalue weighted by Crippen LogP contribution is -2.34. The van der Waals surface area contributed by atoms with E-state index in [0.717, 1.165) is 5.56 Å². The molecule has 5 nitrogen and oxygen atoms in total. The minimum absolute atomic E-state index is 0.352. The topological polar surface area (TPSA) is 70.8 Å². The zero-order chi connectivity index (χ0) is 16.4. The fourth-order valence-corrected chi connectivity index (χ4v) is 3.63. The average Bonchev–Trinajstić information content (AvgIpc) is 3.09. The van der Waals surface area contributed by atoms with Crippen LogP contribution in [0.15, 0.2) is 51.8 Å². The molecule has 1 fully saturated rings. The number of carboxylic acids is 1. The van der Waals surface area contributed by atoms with Crippen LogP contribution in [0.4, 0.5) is 0 Å². The number of thioether (sulfide) groups is 1. The van der Waals surface area contributed by atoms with Crippen LogP contribution in [0.1, 0.15) is 5.76 Å². The number of benzene rings is 1. The molecule has 7 heteroatoms. The molecule has 1 aromatic heterocycles. The van der Waals surface area contributed by atoms with Gasteiger partial charge in [0.15, 0.2) is 0 Å². The van der Waals surface area contributed by atoms with E-state index in [9.17, 15) is 9.59 Å². The first-order chi connectivity index (χ1) is 11.0. The Balaban J connectivity index is 1.81. The van der Waals surface area contributed by atoms with Crippen molar-refractivity contribution in [1.29, 1.82) is 0 Å². The summed E-state index contributed by atoms with van der Waals surface area (Å²) in [5.41, 5.74) is 0.946. The number of carbonyl (C=O) groups is 2. The SMILES string of the molecule is O=C(O)CN1C(=O)/C(=C/c2ccc(-c3ccccc3)o2)SC1S. The van der Waals surface area contributed by atoms with Gasteiger partial charge in [-0.2, -0.15) is 0 Å². The molecule has 1 aromatic carbocycles. The van der Waals surface area contributed by atoms with Crippen molar-refractivity contribution in [2.45, 2.75) is 4.71 Å². The number of thiol groups is 1. The maximum atomic E-state index is 12.2. The van der Waals surface area contributed by atoms with Crippen molar-refractivity contribution >= 4 is 42.3 Å². The van der Waals surface area contributed by atoms with Crippen LogP contribution in [0, 0.1) is 0 Å². The standard InChI is InChI=1S/C16H13NO4S2/c18-14(19)9-17-15(20)13(23-16(17)22)8-11-6-7-12(21-11)10-4-2-1-3-5-10/h1-8,16,22H,9H2,(H,18,19)/b13-8-. The molecule has 1 atom stereocenters. The Labute approximate surface area is 142 Å². The Bertz CT molecular complexity index is 769. The third-order valence-corrected chi connectivity index (χ3v) is 4.84. The van der Waals surface area contributed by atoms with E-state index in [1.165, 1.54) is 16.7 Å². The van der Waals surface area contributed by atoms with Crippen molar-refractivity contribution in [1.82, 2.24) is 4.90 Å². The highest BCUT2D eigenvalue weighted by Gasteiger charge is 2.35. The van der Waals surface area contributed by atoms with Gasteiger partial charge in [0.25, 0.3) is 5.91 Å². The highest BCUT2D eigenvalue weighted by molar-refractivity contribution is 8.14. The summed E-state index contributed by atoms with van der Waals surface area (Å²) in [6, 6.07) is 13.2. The third kappa shape index (κ3) is 3.46. The van der Waals surface area contributed by atoms with Crippen LogP contribution < -0.4 is 0 Å². The summed E-state index contributed by atoms with van der Waals surface area (Å²) < 4.78 is 5.22. The maximum Gasteiger partial charge on any atom is 0.323 e. The van der Waals surface area contributed by atoms with Gasteiger partial charge in [-0.05, 0) is 12.1 Å². The van der Waals surface area contributed by atoms with E-state index in [1.807, 2.05) is 36.4 Å². The largest absolute Gasteiger partial charge is 0.480 e. The van der Waals surface area contributed by atoms with E-state index in [0.29, 0.717) is 16.4 Å². The summed E-state index contributed by atoms with van der Waals surface area (Å²) >= 11 is 5.44. The van der Waals surface area contributed by atoms with Crippen LogP contribution in [-0.4, -0.2) is 33.1 Å². The first kappa shape index (κ1) is 15.8. The number of furan rings is 1. The summed E-state index contributed by atoms with van der Waals surface area (Å²) in [7, 11) is 0. The van der Waals surface area contributed by atoms with Crippen LogP contribution in [0.5, 0.6) is 0 Å². The second kappa shape index (κ2) is 6.55. The summed E-state index contributed by atoms with van der Waals surface area (Å²) in [5.74, 6) is -0.172. The zero-order valence-electron chi connectivity index (χ0n) is 11.9. The number of rotatable bonds is 4. The van der Waals surface area contributed by atoms with E-state index in [1.54, 1.807) is 12.1 Å². The molecule has 0 aliphatic carbocycles. The van der Waals surface area contributed by atoms with Crippen LogP contribution in [0.2, 0.25) is 0 Å². The average molecular weight is 347 g/mol. The first-order valence-corrected chi connectivity index (χ1v) is 8.18. The van der Waals surface area contributed by atoms with Gasteiger partial charge in [0.05, 0.1) is 4.91 Å². The molecule has 1 amide bonds. The minimum Gasteiger partial charge on any atom is -0.480 e. The third-order valence-electron chi connectivity index (χ3n) is 3.23. The Kier molecular flexibility index (Phi) is 4.49. The van der Waals surface area contributed by atoms with E-state index in [2.05, 4.69) is 12.6 Å². The predicted octanol–water partition coefficient (Wildman–Crippen LogP) is 3.16. The second-order valence-corrected chi connectivity index (χ2v) is 6.81. The van der Waals surface area contributed by atoms with Crippen molar-refractivity contribution in [3.63, 3.8) is 0 Å². The predicted molar refractivity (Wildman–Crippen MR) is 91.8 cm³/mol. The molecular formula is C16H13NO4S2. The lowest BCUT2D eigenvalue weighted by atomic mass is 10.2. The number of nitrogens with zero attached hydrogens (tertiary/aromatic N) is 1.